The number of rotatable bonds is 9. The average molecular weight is 290 g/mol. The summed E-state index contributed by atoms with van der Waals surface area (Å²) >= 11 is 0. The Morgan fingerprint density at radius 2 is 2.19 bits per heavy atom. The molecule has 0 fully saturated rings. The van der Waals surface area contributed by atoms with E-state index in [1.807, 2.05) is 6.07 Å². The van der Waals surface area contributed by atoms with Crippen molar-refractivity contribution in [3.05, 3.63) is 29.8 Å². The summed E-state index contributed by atoms with van der Waals surface area (Å²) in [5.41, 5.74) is 0.412. The predicted octanol–water partition coefficient (Wildman–Crippen LogP) is 1.85. The Balaban J connectivity index is 2.38. The molecule has 0 spiro atoms. The van der Waals surface area contributed by atoms with Crippen LogP contribution in [0.25, 0.3) is 0 Å². The molecule has 5 heteroatoms. The molecule has 1 aromatic rings. The molecular formula is C16H22N2O3. The number of aliphatic hydroxyl groups is 1. The molecule has 0 saturated carbocycles. The van der Waals surface area contributed by atoms with Gasteiger partial charge in [-0.3, -0.25) is 4.79 Å². The quantitative estimate of drug-likeness (QED) is 0.727. The summed E-state index contributed by atoms with van der Waals surface area (Å²) in [4.78, 5) is 11.7. The number of amides is 1. The predicted molar refractivity (Wildman–Crippen MR) is 79.8 cm³/mol. The molecule has 1 unspecified atom stereocenters. The van der Waals surface area contributed by atoms with Crippen molar-refractivity contribution in [2.24, 2.45) is 5.92 Å². The lowest BCUT2D eigenvalue weighted by molar-refractivity contribution is -0.123. The van der Waals surface area contributed by atoms with Gasteiger partial charge in [-0.05, 0) is 30.9 Å². The van der Waals surface area contributed by atoms with E-state index in [0.717, 1.165) is 12.8 Å². The Bertz CT molecular complexity index is 477. The lowest BCUT2D eigenvalue weighted by atomic mass is 10.0. The van der Waals surface area contributed by atoms with E-state index < -0.39 is 0 Å². The summed E-state index contributed by atoms with van der Waals surface area (Å²) in [5, 5.41) is 20.7. The first-order valence-corrected chi connectivity index (χ1v) is 7.20. The van der Waals surface area contributed by atoms with Crippen LogP contribution in [0.5, 0.6) is 5.75 Å². The maximum absolute atomic E-state index is 11.7. The van der Waals surface area contributed by atoms with Crippen LogP contribution in [0.4, 0.5) is 0 Å². The summed E-state index contributed by atoms with van der Waals surface area (Å²) in [7, 11) is 0. The lowest BCUT2D eigenvalue weighted by Crippen LogP contribution is -2.33. The van der Waals surface area contributed by atoms with Gasteiger partial charge in [0.1, 0.15) is 11.8 Å². The van der Waals surface area contributed by atoms with Crippen LogP contribution >= 0.6 is 0 Å². The highest BCUT2D eigenvalue weighted by Gasteiger charge is 2.10. The third kappa shape index (κ3) is 6.28. The van der Waals surface area contributed by atoms with Crippen molar-refractivity contribution in [2.75, 3.05) is 19.8 Å². The molecule has 21 heavy (non-hydrogen) atoms. The van der Waals surface area contributed by atoms with E-state index in [-0.39, 0.29) is 25.0 Å². The van der Waals surface area contributed by atoms with E-state index in [0.29, 0.717) is 24.3 Å². The summed E-state index contributed by atoms with van der Waals surface area (Å²) < 4.78 is 5.36. The summed E-state index contributed by atoms with van der Waals surface area (Å²) in [6.07, 6.45) is 2.68. The zero-order chi connectivity index (χ0) is 15.5. The van der Waals surface area contributed by atoms with Crippen molar-refractivity contribution in [2.45, 2.75) is 26.2 Å². The van der Waals surface area contributed by atoms with Gasteiger partial charge in [-0.1, -0.05) is 25.5 Å². The molecule has 1 atom stereocenters. The van der Waals surface area contributed by atoms with Crippen LogP contribution < -0.4 is 10.1 Å². The van der Waals surface area contributed by atoms with Crippen molar-refractivity contribution in [1.82, 2.24) is 5.32 Å². The first kappa shape index (κ1) is 17.0. The van der Waals surface area contributed by atoms with Crippen molar-refractivity contribution in [3.8, 4) is 11.8 Å². The smallest absolute Gasteiger partial charge is 0.257 e. The van der Waals surface area contributed by atoms with E-state index in [4.69, 9.17) is 15.1 Å². The monoisotopic (exact) mass is 290 g/mol. The molecule has 0 aromatic heterocycles. The van der Waals surface area contributed by atoms with E-state index in [1.54, 1.807) is 24.3 Å². The van der Waals surface area contributed by atoms with Crippen LogP contribution in [0.2, 0.25) is 0 Å². The molecule has 0 bridgehead atoms. The fourth-order valence-electron chi connectivity index (χ4n) is 2.08. The fraction of sp³-hybridized carbons (Fsp3) is 0.500. The van der Waals surface area contributed by atoms with E-state index in [9.17, 15) is 4.79 Å². The van der Waals surface area contributed by atoms with Crippen LogP contribution in [0, 0.1) is 17.2 Å². The molecule has 1 rings (SSSR count). The fourth-order valence-corrected chi connectivity index (χ4v) is 2.08. The average Bonchev–Trinajstić information content (AvgIpc) is 2.51. The topological polar surface area (TPSA) is 82.3 Å². The number of para-hydroxylation sites is 1. The molecule has 114 valence electrons. The van der Waals surface area contributed by atoms with Crippen LogP contribution in [-0.2, 0) is 4.79 Å². The van der Waals surface area contributed by atoms with Gasteiger partial charge >= 0.3 is 0 Å². The van der Waals surface area contributed by atoms with Crippen LogP contribution in [0.15, 0.2) is 24.3 Å². The number of nitriles is 1. The Kier molecular flexibility index (Phi) is 7.92. The minimum Gasteiger partial charge on any atom is -0.482 e. The Hall–Kier alpha value is -2.06. The summed E-state index contributed by atoms with van der Waals surface area (Å²) in [6, 6.07) is 8.83. The summed E-state index contributed by atoms with van der Waals surface area (Å²) in [6.45, 7) is 2.63. The molecular weight excluding hydrogens is 268 g/mol. The molecule has 5 nitrogen and oxygen atoms in total. The molecule has 0 aliphatic heterocycles. The second-order valence-corrected chi connectivity index (χ2v) is 4.87. The van der Waals surface area contributed by atoms with Gasteiger partial charge in [-0.2, -0.15) is 5.26 Å². The molecule has 2 N–H and O–H groups in total. The van der Waals surface area contributed by atoms with Crippen LogP contribution in [-0.4, -0.2) is 30.8 Å². The number of ether oxygens (including phenoxy) is 1. The molecule has 0 aliphatic rings. The second kappa shape index (κ2) is 9.78. The van der Waals surface area contributed by atoms with Crippen LogP contribution in [0.3, 0.4) is 0 Å². The molecule has 1 amide bonds. The number of hydrogen-bond donors (Lipinski definition) is 2. The Labute approximate surface area is 125 Å². The molecule has 0 aliphatic carbocycles. The van der Waals surface area contributed by atoms with E-state index in [1.165, 1.54) is 0 Å². The molecule has 0 radical (unpaired) electrons. The lowest BCUT2D eigenvalue weighted by Gasteiger charge is -2.16. The summed E-state index contributed by atoms with van der Waals surface area (Å²) in [5.74, 6) is 0.479. The highest BCUT2D eigenvalue weighted by molar-refractivity contribution is 5.77. The number of carbonyl (C=O) groups excluding carboxylic acids is 1. The van der Waals surface area contributed by atoms with Gasteiger partial charge in [0.25, 0.3) is 5.91 Å². The maximum Gasteiger partial charge on any atom is 0.257 e. The minimum absolute atomic E-state index is 0.114. The Morgan fingerprint density at radius 3 is 2.86 bits per heavy atom. The van der Waals surface area contributed by atoms with Gasteiger partial charge in [0, 0.05) is 13.2 Å². The van der Waals surface area contributed by atoms with Crippen molar-refractivity contribution in [3.63, 3.8) is 0 Å². The van der Waals surface area contributed by atoms with Crippen molar-refractivity contribution in [1.29, 1.82) is 5.26 Å². The number of aliphatic hydroxyl groups excluding tert-OH is 1. The van der Waals surface area contributed by atoms with E-state index in [2.05, 4.69) is 12.2 Å². The minimum atomic E-state index is -0.221. The first-order valence-electron chi connectivity index (χ1n) is 7.20. The van der Waals surface area contributed by atoms with Crippen molar-refractivity contribution >= 4 is 5.91 Å². The maximum atomic E-state index is 11.7. The first-order chi connectivity index (χ1) is 10.2. The van der Waals surface area contributed by atoms with Gasteiger partial charge in [0.15, 0.2) is 6.61 Å². The van der Waals surface area contributed by atoms with Gasteiger partial charge in [0.2, 0.25) is 0 Å². The number of carbonyl (C=O) groups is 1. The van der Waals surface area contributed by atoms with Gasteiger partial charge < -0.3 is 15.2 Å². The highest BCUT2D eigenvalue weighted by Crippen LogP contribution is 2.16. The number of hydrogen-bond acceptors (Lipinski definition) is 4. The van der Waals surface area contributed by atoms with Crippen molar-refractivity contribution < 1.29 is 14.6 Å². The number of benzene rings is 1. The van der Waals surface area contributed by atoms with E-state index >= 15 is 0 Å². The Morgan fingerprint density at radius 1 is 1.43 bits per heavy atom. The largest absolute Gasteiger partial charge is 0.482 e. The number of nitrogens with one attached hydrogen (secondary N) is 1. The highest BCUT2D eigenvalue weighted by atomic mass is 16.5. The molecule has 0 heterocycles. The SMILES string of the molecule is CCCC(CCO)CNC(=O)COc1ccccc1C#N. The molecule has 1 aromatic carbocycles. The third-order valence-electron chi connectivity index (χ3n) is 3.19. The zero-order valence-corrected chi connectivity index (χ0v) is 12.3. The van der Waals surface area contributed by atoms with Gasteiger partial charge in [-0.15, -0.1) is 0 Å². The standard InChI is InChI=1S/C16H22N2O3/c1-2-5-13(8-9-19)11-18-16(20)12-21-15-7-4-3-6-14(15)10-17/h3-4,6-7,13,19H,2,5,8-9,11-12H2,1H3,(H,18,20). The number of nitrogens with zero attached hydrogens (tertiary/aromatic N) is 1. The zero-order valence-electron chi connectivity index (χ0n) is 12.3. The normalized spacial score (nSPS) is 11.5. The van der Waals surface area contributed by atoms with Crippen LogP contribution in [0.1, 0.15) is 31.7 Å². The second-order valence-electron chi connectivity index (χ2n) is 4.87. The van der Waals surface area contributed by atoms with Gasteiger partial charge in [-0.25, -0.2) is 0 Å². The molecule has 0 saturated heterocycles. The third-order valence-corrected chi connectivity index (χ3v) is 3.19. The van der Waals surface area contributed by atoms with Gasteiger partial charge in [0.05, 0.1) is 5.56 Å².